The van der Waals surface area contributed by atoms with E-state index < -0.39 is 35.5 Å². The number of nitrogens with zero attached hydrogens (tertiary/aromatic N) is 2. The Morgan fingerprint density at radius 2 is 1.72 bits per heavy atom. The number of pyridine rings is 1. The number of benzene rings is 2. The average molecular weight is 539 g/mol. The Morgan fingerprint density at radius 1 is 1.03 bits per heavy atom. The molecule has 5 rings (SSSR count). The first-order valence-electron chi connectivity index (χ1n) is 12.9. The number of amides is 2. The molecule has 0 saturated carbocycles. The zero-order valence-corrected chi connectivity index (χ0v) is 21.6. The number of carbonyl (C=O) groups is 2. The van der Waals surface area contributed by atoms with Crippen LogP contribution in [0.3, 0.4) is 0 Å². The van der Waals surface area contributed by atoms with Crippen LogP contribution in [0.2, 0.25) is 0 Å². The molecule has 0 aliphatic carbocycles. The maximum Gasteiger partial charge on any atom is 0.253 e. The lowest BCUT2D eigenvalue weighted by Gasteiger charge is -2.40. The summed E-state index contributed by atoms with van der Waals surface area (Å²) >= 11 is 0. The third-order valence-corrected chi connectivity index (χ3v) is 7.62. The van der Waals surface area contributed by atoms with E-state index in [9.17, 15) is 22.8 Å². The third-order valence-electron chi connectivity index (χ3n) is 7.62. The predicted octanol–water partition coefficient (Wildman–Crippen LogP) is 4.68. The summed E-state index contributed by atoms with van der Waals surface area (Å²) < 4.78 is 46.2. The van der Waals surface area contributed by atoms with E-state index in [2.05, 4.69) is 20.5 Å². The molecule has 204 valence electrons. The van der Waals surface area contributed by atoms with E-state index in [-0.39, 0.29) is 29.6 Å². The van der Waals surface area contributed by atoms with Gasteiger partial charge in [-0.15, -0.1) is 0 Å². The van der Waals surface area contributed by atoms with Crippen molar-refractivity contribution in [3.63, 3.8) is 0 Å². The number of aromatic nitrogens is 1. The van der Waals surface area contributed by atoms with E-state index in [0.717, 1.165) is 37.1 Å². The Bertz CT molecular complexity index is 1360. The summed E-state index contributed by atoms with van der Waals surface area (Å²) in [5.41, 5.74) is 1.23. The van der Waals surface area contributed by atoms with E-state index in [1.807, 2.05) is 19.1 Å². The number of nitrogens with one attached hydrogen (secondary N) is 2. The maximum atomic E-state index is 13.9. The third kappa shape index (κ3) is 5.41. The van der Waals surface area contributed by atoms with Gasteiger partial charge in [0.1, 0.15) is 29.0 Å². The zero-order chi connectivity index (χ0) is 27.7. The summed E-state index contributed by atoms with van der Waals surface area (Å²) in [7, 11) is 1.58. The monoisotopic (exact) mass is 538 g/mol. The van der Waals surface area contributed by atoms with E-state index in [0.29, 0.717) is 23.4 Å². The minimum atomic E-state index is -1.06. The average Bonchev–Trinajstić information content (AvgIpc) is 3.18. The lowest BCUT2D eigenvalue weighted by Crippen LogP contribution is -2.50. The Morgan fingerprint density at radius 3 is 2.33 bits per heavy atom. The number of methoxy groups -OCH3 is 1. The number of piperidine rings is 1. The molecule has 3 atom stereocenters. The van der Waals surface area contributed by atoms with Gasteiger partial charge in [0, 0.05) is 59.7 Å². The first-order chi connectivity index (χ1) is 18.7. The normalized spacial score (nSPS) is 20.0. The smallest absolute Gasteiger partial charge is 0.253 e. The van der Waals surface area contributed by atoms with Crippen LogP contribution in [0.25, 0.3) is 0 Å². The Balaban J connectivity index is 1.20. The van der Waals surface area contributed by atoms with Crippen molar-refractivity contribution in [2.45, 2.75) is 57.3 Å². The van der Waals surface area contributed by atoms with Crippen LogP contribution in [0, 0.1) is 24.4 Å². The van der Waals surface area contributed by atoms with Crippen LogP contribution in [-0.2, 0) is 6.54 Å². The highest BCUT2D eigenvalue weighted by molar-refractivity contribution is 5.96. The van der Waals surface area contributed by atoms with Gasteiger partial charge in [-0.1, -0.05) is 6.07 Å². The number of rotatable bonds is 7. The minimum Gasteiger partial charge on any atom is -0.496 e. The maximum absolute atomic E-state index is 13.9. The second-order valence-corrected chi connectivity index (χ2v) is 10.0. The van der Waals surface area contributed by atoms with Crippen molar-refractivity contribution in [2.24, 2.45) is 0 Å². The first kappa shape index (κ1) is 26.5. The lowest BCUT2D eigenvalue weighted by molar-refractivity contribution is 0.0923. The van der Waals surface area contributed by atoms with E-state index in [4.69, 9.17) is 4.74 Å². The van der Waals surface area contributed by atoms with Gasteiger partial charge in [-0.05, 0) is 56.9 Å². The summed E-state index contributed by atoms with van der Waals surface area (Å²) in [6.07, 6.45) is 4.96. The molecule has 2 aromatic carbocycles. The molecule has 2 bridgehead atoms. The molecule has 0 radical (unpaired) electrons. The highest BCUT2D eigenvalue weighted by Crippen LogP contribution is 2.38. The summed E-state index contributed by atoms with van der Waals surface area (Å²) in [6.45, 7) is 1.45. The number of anilines is 1. The topological polar surface area (TPSA) is 83.6 Å². The van der Waals surface area contributed by atoms with Crippen LogP contribution < -0.4 is 20.3 Å². The van der Waals surface area contributed by atoms with Gasteiger partial charge in [0.2, 0.25) is 0 Å². The lowest BCUT2D eigenvalue weighted by atomic mass is 9.96. The molecule has 1 aromatic heterocycles. The highest BCUT2D eigenvalue weighted by Gasteiger charge is 2.42. The van der Waals surface area contributed by atoms with E-state index in [1.54, 1.807) is 25.3 Å². The molecule has 2 fully saturated rings. The van der Waals surface area contributed by atoms with Gasteiger partial charge in [0.25, 0.3) is 11.8 Å². The van der Waals surface area contributed by atoms with Crippen molar-refractivity contribution >= 4 is 17.6 Å². The largest absolute Gasteiger partial charge is 0.496 e. The van der Waals surface area contributed by atoms with Crippen LogP contribution in [-0.4, -0.2) is 42.0 Å². The van der Waals surface area contributed by atoms with Crippen molar-refractivity contribution in [3.8, 4) is 5.75 Å². The molecule has 2 amide bonds. The Kier molecular flexibility index (Phi) is 7.45. The molecule has 2 aliphatic rings. The number of carbonyl (C=O) groups excluding carboxylic acids is 2. The summed E-state index contributed by atoms with van der Waals surface area (Å²) in [6, 6.07) is 10.4. The van der Waals surface area contributed by atoms with Gasteiger partial charge in [-0.2, -0.15) is 0 Å². The summed E-state index contributed by atoms with van der Waals surface area (Å²) in [5, 5.41) is 5.64. The first-order valence-corrected chi connectivity index (χ1v) is 12.9. The summed E-state index contributed by atoms with van der Waals surface area (Å²) in [5.74, 6) is -2.39. The van der Waals surface area contributed by atoms with Crippen LogP contribution in [0.4, 0.5) is 19.0 Å². The van der Waals surface area contributed by atoms with Gasteiger partial charge in [0.05, 0.1) is 12.7 Å². The number of fused-ring (bicyclic) bond motifs is 2. The van der Waals surface area contributed by atoms with Crippen molar-refractivity contribution in [1.82, 2.24) is 15.6 Å². The highest BCUT2D eigenvalue weighted by atomic mass is 19.1. The number of halogens is 3. The van der Waals surface area contributed by atoms with E-state index >= 15 is 0 Å². The van der Waals surface area contributed by atoms with Crippen molar-refractivity contribution in [2.75, 3.05) is 12.0 Å². The zero-order valence-electron chi connectivity index (χ0n) is 21.6. The van der Waals surface area contributed by atoms with Crippen LogP contribution >= 0.6 is 0 Å². The van der Waals surface area contributed by atoms with Gasteiger partial charge in [0.15, 0.2) is 0 Å². The number of hydrogen-bond acceptors (Lipinski definition) is 5. The SMILES string of the molecule is COc1cccc(C(=O)N[C@H]2C[C@H]3CC[C@@H](C2)N3c2ccc(C(=O)NCc3c(F)cc(F)cc3F)cn2)c1C. The van der Waals surface area contributed by atoms with Crippen LogP contribution in [0.15, 0.2) is 48.7 Å². The van der Waals surface area contributed by atoms with Crippen LogP contribution in [0.5, 0.6) is 5.75 Å². The quantitative estimate of drug-likeness (QED) is 0.457. The Labute approximate surface area is 224 Å². The van der Waals surface area contributed by atoms with Crippen molar-refractivity contribution in [1.29, 1.82) is 0 Å². The molecule has 7 nitrogen and oxygen atoms in total. The van der Waals surface area contributed by atoms with Gasteiger partial charge >= 0.3 is 0 Å². The molecular weight excluding hydrogens is 509 g/mol. The van der Waals surface area contributed by atoms with Gasteiger partial charge in [-0.25, -0.2) is 18.2 Å². The van der Waals surface area contributed by atoms with Gasteiger partial charge in [-0.3, -0.25) is 9.59 Å². The molecule has 2 saturated heterocycles. The molecule has 0 spiro atoms. The standard InChI is InChI=1S/C29H29F3N4O3/c1-16-22(4-3-5-26(16)39-2)29(38)35-19-12-20-7-8-21(13-19)36(20)27-9-6-17(14-33-27)28(37)34-15-23-24(31)10-18(30)11-25(23)32/h3-6,9-11,14,19-21H,7-8,12-13,15H2,1-2H3,(H,34,37)(H,35,38)/t19-,20+,21-. The second kappa shape index (κ2) is 11.0. The van der Waals surface area contributed by atoms with Crippen molar-refractivity contribution in [3.05, 3.63) is 88.4 Å². The molecule has 3 aromatic rings. The summed E-state index contributed by atoms with van der Waals surface area (Å²) in [4.78, 5) is 32.3. The van der Waals surface area contributed by atoms with E-state index in [1.165, 1.54) is 6.20 Å². The predicted molar refractivity (Wildman–Crippen MR) is 139 cm³/mol. The fourth-order valence-electron chi connectivity index (χ4n) is 5.70. The minimum absolute atomic E-state index is 0.0363. The van der Waals surface area contributed by atoms with Crippen molar-refractivity contribution < 1.29 is 27.5 Å². The number of hydrogen-bond donors (Lipinski definition) is 2. The molecule has 0 unspecified atom stereocenters. The Hall–Kier alpha value is -4.08. The fraction of sp³-hybridized carbons (Fsp3) is 0.345. The number of ether oxygens (including phenoxy) is 1. The molecule has 10 heteroatoms. The molecule has 2 N–H and O–H groups in total. The fourth-order valence-corrected chi connectivity index (χ4v) is 5.70. The molecule has 39 heavy (non-hydrogen) atoms. The second-order valence-electron chi connectivity index (χ2n) is 10.0. The van der Waals surface area contributed by atoms with Gasteiger partial charge < -0.3 is 20.3 Å². The molecular formula is C29H29F3N4O3. The van der Waals surface area contributed by atoms with Crippen LogP contribution in [0.1, 0.15) is 57.5 Å². The molecule has 2 aliphatic heterocycles. The molecule has 3 heterocycles.